The Bertz CT molecular complexity index is 467. The Morgan fingerprint density at radius 1 is 1.22 bits per heavy atom. The molecular formula is C17H21F. The molecule has 0 aliphatic rings. The van der Waals surface area contributed by atoms with E-state index in [4.69, 9.17) is 0 Å². The summed E-state index contributed by atoms with van der Waals surface area (Å²) in [5.74, 6) is 0. The van der Waals surface area contributed by atoms with Gasteiger partial charge in [0.15, 0.2) is 0 Å². The molecule has 1 aromatic rings. The quantitative estimate of drug-likeness (QED) is 0.634. The zero-order chi connectivity index (χ0) is 13.8. The minimum Gasteiger partial charge on any atom is -0.239 e. The van der Waals surface area contributed by atoms with E-state index in [1.54, 1.807) is 26.0 Å². The number of alkyl halides is 1. The summed E-state index contributed by atoms with van der Waals surface area (Å²) in [5.41, 5.74) is 2.66. The molecule has 0 bridgehead atoms. The maximum Gasteiger partial charge on any atom is 0.130 e. The van der Waals surface area contributed by atoms with Gasteiger partial charge >= 0.3 is 0 Å². The summed E-state index contributed by atoms with van der Waals surface area (Å²) < 4.78 is 14.0. The van der Waals surface area contributed by atoms with Crippen molar-refractivity contribution in [1.82, 2.24) is 0 Å². The van der Waals surface area contributed by atoms with Crippen LogP contribution in [0.3, 0.4) is 0 Å². The molecule has 0 aromatic heterocycles. The number of aryl methyl sites for hydroxylation is 1. The van der Waals surface area contributed by atoms with Crippen LogP contribution >= 0.6 is 0 Å². The second-order valence-electron chi connectivity index (χ2n) is 5.02. The molecule has 0 heterocycles. The molecule has 0 fully saturated rings. The number of benzene rings is 1. The van der Waals surface area contributed by atoms with Crippen molar-refractivity contribution in [1.29, 1.82) is 0 Å². The molecule has 0 N–H and O–H groups in total. The molecule has 0 amide bonds. The topological polar surface area (TPSA) is 0 Å². The van der Waals surface area contributed by atoms with E-state index in [1.807, 2.05) is 13.0 Å². The van der Waals surface area contributed by atoms with Crippen molar-refractivity contribution in [2.75, 3.05) is 0 Å². The zero-order valence-corrected chi connectivity index (χ0v) is 11.6. The second kappa shape index (κ2) is 5.81. The van der Waals surface area contributed by atoms with E-state index in [-0.39, 0.29) is 0 Å². The van der Waals surface area contributed by atoms with Crippen LogP contribution in [0.1, 0.15) is 31.9 Å². The van der Waals surface area contributed by atoms with Gasteiger partial charge in [0.1, 0.15) is 5.67 Å². The lowest BCUT2D eigenvalue weighted by molar-refractivity contribution is 0.274. The summed E-state index contributed by atoms with van der Waals surface area (Å²) in [6.07, 6.45) is 5.22. The highest BCUT2D eigenvalue weighted by Crippen LogP contribution is 2.26. The minimum absolute atomic E-state index is 0.635. The molecule has 0 aliphatic carbocycles. The van der Waals surface area contributed by atoms with E-state index in [9.17, 15) is 4.39 Å². The van der Waals surface area contributed by atoms with Crippen LogP contribution in [0, 0.1) is 6.92 Å². The third-order valence-corrected chi connectivity index (χ3v) is 2.86. The summed E-state index contributed by atoms with van der Waals surface area (Å²) in [6.45, 7) is 10.8. The molecule has 0 unspecified atom stereocenters. The van der Waals surface area contributed by atoms with Crippen molar-refractivity contribution in [2.24, 2.45) is 0 Å². The van der Waals surface area contributed by atoms with E-state index < -0.39 is 5.67 Å². The first kappa shape index (κ1) is 14.4. The molecule has 96 valence electrons. The average Bonchev–Trinajstić information content (AvgIpc) is 2.28. The molecule has 0 saturated heterocycles. The molecule has 1 aromatic carbocycles. The first-order valence-corrected chi connectivity index (χ1v) is 6.12. The number of halogens is 1. The summed E-state index contributed by atoms with van der Waals surface area (Å²) in [7, 11) is 0. The lowest BCUT2D eigenvalue weighted by Crippen LogP contribution is -2.14. The number of hydrogen-bond acceptors (Lipinski definition) is 0. The van der Waals surface area contributed by atoms with Gasteiger partial charge in [-0.2, -0.15) is 0 Å². The van der Waals surface area contributed by atoms with Gasteiger partial charge in [0.2, 0.25) is 0 Å². The Morgan fingerprint density at radius 3 is 2.22 bits per heavy atom. The molecule has 0 spiro atoms. The van der Waals surface area contributed by atoms with Crippen LogP contribution in [0.15, 0.2) is 54.6 Å². The predicted octanol–water partition coefficient (Wildman–Crippen LogP) is 5.26. The smallest absolute Gasteiger partial charge is 0.130 e. The SMILES string of the molecule is C=C/C=C(\C=C(/C)c1ccc(C)cc1)C(C)(C)F. The summed E-state index contributed by atoms with van der Waals surface area (Å²) in [5, 5.41) is 0. The van der Waals surface area contributed by atoms with E-state index in [0.717, 1.165) is 11.1 Å². The van der Waals surface area contributed by atoms with Crippen molar-refractivity contribution >= 4 is 5.57 Å². The van der Waals surface area contributed by atoms with E-state index in [1.165, 1.54) is 5.56 Å². The van der Waals surface area contributed by atoms with Gasteiger partial charge in [-0.3, -0.25) is 0 Å². The third kappa shape index (κ3) is 3.99. The van der Waals surface area contributed by atoms with Gasteiger partial charge in [0, 0.05) is 0 Å². The first-order valence-electron chi connectivity index (χ1n) is 6.12. The number of allylic oxidation sites excluding steroid dienone is 5. The minimum atomic E-state index is -1.36. The highest BCUT2D eigenvalue weighted by Gasteiger charge is 2.19. The summed E-state index contributed by atoms with van der Waals surface area (Å²) >= 11 is 0. The molecule has 0 nitrogen and oxygen atoms in total. The monoisotopic (exact) mass is 244 g/mol. The van der Waals surface area contributed by atoms with Crippen LogP contribution < -0.4 is 0 Å². The van der Waals surface area contributed by atoms with Crippen LogP contribution in [0.25, 0.3) is 5.57 Å². The first-order chi connectivity index (χ1) is 8.34. The van der Waals surface area contributed by atoms with Gasteiger partial charge in [-0.1, -0.05) is 54.6 Å². The zero-order valence-electron chi connectivity index (χ0n) is 11.6. The maximum absolute atomic E-state index is 14.0. The summed E-state index contributed by atoms with van der Waals surface area (Å²) in [4.78, 5) is 0. The fourth-order valence-electron chi connectivity index (χ4n) is 1.68. The van der Waals surface area contributed by atoms with Crippen LogP contribution in [0.5, 0.6) is 0 Å². The van der Waals surface area contributed by atoms with E-state index >= 15 is 0 Å². The van der Waals surface area contributed by atoms with Crippen LogP contribution in [-0.4, -0.2) is 5.67 Å². The third-order valence-electron chi connectivity index (χ3n) is 2.86. The van der Waals surface area contributed by atoms with Crippen molar-refractivity contribution in [3.05, 3.63) is 65.8 Å². The highest BCUT2D eigenvalue weighted by molar-refractivity contribution is 5.67. The number of rotatable bonds is 4. The largest absolute Gasteiger partial charge is 0.239 e. The van der Waals surface area contributed by atoms with Crippen molar-refractivity contribution < 1.29 is 4.39 Å². The normalized spacial score (nSPS) is 13.6. The molecule has 1 rings (SSSR count). The highest BCUT2D eigenvalue weighted by atomic mass is 19.1. The Balaban J connectivity index is 3.11. The second-order valence-corrected chi connectivity index (χ2v) is 5.02. The maximum atomic E-state index is 14.0. The van der Waals surface area contributed by atoms with Crippen molar-refractivity contribution in [2.45, 2.75) is 33.4 Å². The van der Waals surface area contributed by atoms with Gasteiger partial charge < -0.3 is 0 Å². The van der Waals surface area contributed by atoms with Gasteiger partial charge in [0.05, 0.1) is 0 Å². The Kier molecular flexibility index (Phi) is 4.66. The Hall–Kier alpha value is -1.63. The standard InChI is InChI=1S/C17H21F/c1-6-7-16(17(4,5)18)12-14(3)15-10-8-13(2)9-11-15/h6-12H,1H2,2-5H3/b14-12+,16-7+. The van der Waals surface area contributed by atoms with Gasteiger partial charge in [-0.15, -0.1) is 0 Å². The van der Waals surface area contributed by atoms with E-state index in [0.29, 0.717) is 5.57 Å². The van der Waals surface area contributed by atoms with Crippen LogP contribution in [0.4, 0.5) is 4.39 Å². The lowest BCUT2D eigenvalue weighted by atomic mass is 9.95. The van der Waals surface area contributed by atoms with Crippen LogP contribution in [-0.2, 0) is 0 Å². The molecule has 0 saturated carbocycles. The molecular weight excluding hydrogens is 223 g/mol. The van der Waals surface area contributed by atoms with E-state index in [2.05, 4.69) is 37.8 Å². The summed E-state index contributed by atoms with van der Waals surface area (Å²) in [6, 6.07) is 8.23. The fraction of sp³-hybridized carbons (Fsp3) is 0.294. The molecule has 0 aliphatic heterocycles. The fourth-order valence-corrected chi connectivity index (χ4v) is 1.68. The Morgan fingerprint density at radius 2 is 1.78 bits per heavy atom. The number of hydrogen-bond donors (Lipinski definition) is 0. The van der Waals surface area contributed by atoms with Crippen molar-refractivity contribution in [3.8, 4) is 0 Å². The van der Waals surface area contributed by atoms with Gasteiger partial charge in [-0.25, -0.2) is 4.39 Å². The molecule has 18 heavy (non-hydrogen) atoms. The molecule has 0 atom stereocenters. The predicted molar refractivity (Wildman–Crippen MR) is 78.3 cm³/mol. The molecule has 0 radical (unpaired) electrons. The van der Waals surface area contributed by atoms with Crippen molar-refractivity contribution in [3.63, 3.8) is 0 Å². The Labute approximate surface area is 110 Å². The van der Waals surface area contributed by atoms with Gasteiger partial charge in [-0.05, 0) is 44.4 Å². The van der Waals surface area contributed by atoms with Gasteiger partial charge in [0.25, 0.3) is 0 Å². The lowest BCUT2D eigenvalue weighted by Gasteiger charge is -2.16. The average molecular weight is 244 g/mol. The van der Waals surface area contributed by atoms with Crippen LogP contribution in [0.2, 0.25) is 0 Å². The molecule has 1 heteroatoms.